The predicted octanol–water partition coefficient (Wildman–Crippen LogP) is -0.305. The van der Waals surface area contributed by atoms with Gasteiger partial charge in [-0.05, 0) is 17.8 Å². The molecule has 0 aromatic carbocycles. The lowest BCUT2D eigenvalue weighted by Crippen LogP contribution is -2.50. The summed E-state index contributed by atoms with van der Waals surface area (Å²) in [6.07, 6.45) is 15.7. The fourth-order valence-electron chi connectivity index (χ4n) is 1.20. The zero-order valence-electron chi connectivity index (χ0n) is 7.66. The molecule has 0 aliphatic heterocycles. The fraction of sp³-hybridized carbons (Fsp3) is 0.455. The van der Waals surface area contributed by atoms with E-state index in [0.29, 0.717) is 30.7 Å². The quantitative estimate of drug-likeness (QED) is 0.450. The van der Waals surface area contributed by atoms with Crippen molar-refractivity contribution in [3.05, 3.63) is 0 Å². The second-order valence-electron chi connectivity index (χ2n) is 2.88. The van der Waals surface area contributed by atoms with E-state index in [2.05, 4.69) is 17.8 Å². The molecule has 0 aromatic rings. The van der Waals surface area contributed by atoms with Gasteiger partial charge in [-0.25, -0.2) is 0 Å². The van der Waals surface area contributed by atoms with Crippen molar-refractivity contribution < 1.29 is 9.59 Å². The van der Waals surface area contributed by atoms with Crippen LogP contribution in [0.3, 0.4) is 0 Å². The Labute approximate surface area is 80.2 Å². The minimum atomic E-state index is 0.0467. The standard InChI is InChI=1S/C11H14NO/c1-4-7-12(8-5-2,9-6-3)10-11-13/h1-3,13H,7-11H2/q+1. The number of aliphatic hydroxyl groups excluding tert-OH is 1. The molecule has 0 aromatic heterocycles. The molecule has 0 rings (SSSR count). The molecule has 0 saturated carbocycles. The highest BCUT2D eigenvalue weighted by Crippen LogP contribution is 2.03. The first-order valence-corrected chi connectivity index (χ1v) is 4.01. The van der Waals surface area contributed by atoms with Crippen molar-refractivity contribution in [1.29, 1.82) is 0 Å². The van der Waals surface area contributed by atoms with Gasteiger partial charge < -0.3 is 5.11 Å². The predicted molar refractivity (Wildman–Crippen MR) is 53.3 cm³/mol. The van der Waals surface area contributed by atoms with Crippen molar-refractivity contribution in [2.24, 2.45) is 0 Å². The van der Waals surface area contributed by atoms with Gasteiger partial charge in [-0.2, -0.15) is 0 Å². The topological polar surface area (TPSA) is 20.2 Å². The van der Waals surface area contributed by atoms with Gasteiger partial charge in [0.05, 0.1) is 6.61 Å². The Morgan fingerprint density at radius 2 is 1.31 bits per heavy atom. The molecule has 0 heterocycles. The molecule has 0 spiro atoms. The molecule has 0 aliphatic carbocycles. The van der Waals surface area contributed by atoms with Gasteiger partial charge in [0.15, 0.2) is 0 Å². The van der Waals surface area contributed by atoms with Gasteiger partial charge in [0.1, 0.15) is 26.2 Å². The van der Waals surface area contributed by atoms with Gasteiger partial charge in [0, 0.05) is 0 Å². The maximum atomic E-state index is 8.86. The first-order valence-electron chi connectivity index (χ1n) is 4.01. The van der Waals surface area contributed by atoms with Crippen LogP contribution in [0.1, 0.15) is 0 Å². The molecule has 0 atom stereocenters. The summed E-state index contributed by atoms with van der Waals surface area (Å²) >= 11 is 0. The molecule has 0 amide bonds. The molecule has 2 nitrogen and oxygen atoms in total. The molecule has 0 bridgehead atoms. The van der Waals surface area contributed by atoms with Crippen molar-refractivity contribution in [3.63, 3.8) is 0 Å². The van der Waals surface area contributed by atoms with E-state index in [1.165, 1.54) is 0 Å². The summed E-state index contributed by atoms with van der Waals surface area (Å²) in [5, 5.41) is 8.86. The van der Waals surface area contributed by atoms with E-state index >= 15 is 0 Å². The Morgan fingerprint density at radius 3 is 1.54 bits per heavy atom. The van der Waals surface area contributed by atoms with Crippen LogP contribution in [0.5, 0.6) is 0 Å². The Hall–Kier alpha value is -1.40. The normalized spacial score (nSPS) is 9.69. The lowest BCUT2D eigenvalue weighted by Gasteiger charge is -2.32. The van der Waals surface area contributed by atoms with Gasteiger partial charge in [-0.15, -0.1) is 19.3 Å². The Balaban J connectivity index is 4.53. The average molecular weight is 176 g/mol. The van der Waals surface area contributed by atoms with Crippen molar-refractivity contribution in [2.75, 3.05) is 32.8 Å². The largest absolute Gasteiger partial charge is 0.391 e. The van der Waals surface area contributed by atoms with Crippen molar-refractivity contribution in [2.45, 2.75) is 0 Å². The Kier molecular flexibility index (Phi) is 5.49. The molecular formula is C11H14NO+. The van der Waals surface area contributed by atoms with Crippen LogP contribution < -0.4 is 0 Å². The van der Waals surface area contributed by atoms with Crippen LogP contribution in [0.15, 0.2) is 0 Å². The molecule has 68 valence electrons. The molecule has 0 fully saturated rings. The Bertz CT molecular complexity index is 220. The minimum Gasteiger partial charge on any atom is -0.391 e. The highest BCUT2D eigenvalue weighted by Gasteiger charge is 2.23. The van der Waals surface area contributed by atoms with E-state index < -0.39 is 0 Å². The highest BCUT2D eigenvalue weighted by molar-refractivity contribution is 4.92. The molecule has 0 unspecified atom stereocenters. The molecule has 0 saturated heterocycles. The summed E-state index contributed by atoms with van der Waals surface area (Å²) in [5.74, 6) is 7.60. The third-order valence-electron chi connectivity index (χ3n) is 1.85. The summed E-state index contributed by atoms with van der Waals surface area (Å²) in [4.78, 5) is 0. The molecule has 0 aliphatic rings. The molecule has 2 heteroatoms. The van der Waals surface area contributed by atoms with E-state index in [1.807, 2.05) is 0 Å². The van der Waals surface area contributed by atoms with Crippen LogP contribution in [0.4, 0.5) is 0 Å². The minimum absolute atomic E-state index is 0.0467. The van der Waals surface area contributed by atoms with Gasteiger partial charge in [-0.3, -0.25) is 4.48 Å². The molecule has 1 N–H and O–H groups in total. The molecular weight excluding hydrogens is 162 g/mol. The Morgan fingerprint density at radius 1 is 0.923 bits per heavy atom. The average Bonchev–Trinajstić information content (AvgIpc) is 2.06. The summed E-state index contributed by atoms with van der Waals surface area (Å²) < 4.78 is 0.417. The lowest BCUT2D eigenvalue weighted by molar-refractivity contribution is -0.908. The van der Waals surface area contributed by atoms with Gasteiger partial charge in [0.2, 0.25) is 0 Å². The number of rotatable bonds is 5. The van der Waals surface area contributed by atoms with E-state index in [9.17, 15) is 0 Å². The van der Waals surface area contributed by atoms with Gasteiger partial charge in [-0.1, -0.05) is 0 Å². The van der Waals surface area contributed by atoms with Crippen LogP contribution in [0, 0.1) is 37.0 Å². The zero-order chi connectivity index (χ0) is 10.2. The smallest absolute Gasteiger partial charge is 0.142 e. The lowest BCUT2D eigenvalue weighted by atomic mass is 10.3. The number of quaternary nitrogens is 1. The van der Waals surface area contributed by atoms with Crippen molar-refractivity contribution in [3.8, 4) is 37.0 Å². The van der Waals surface area contributed by atoms with E-state index in [-0.39, 0.29) is 6.61 Å². The van der Waals surface area contributed by atoms with E-state index in [4.69, 9.17) is 24.4 Å². The zero-order valence-corrected chi connectivity index (χ0v) is 7.66. The van der Waals surface area contributed by atoms with Gasteiger partial charge in [0.25, 0.3) is 0 Å². The number of terminal acetylenes is 3. The maximum Gasteiger partial charge on any atom is 0.142 e. The van der Waals surface area contributed by atoms with Crippen LogP contribution in [0.2, 0.25) is 0 Å². The van der Waals surface area contributed by atoms with Crippen LogP contribution in [0.25, 0.3) is 0 Å². The van der Waals surface area contributed by atoms with Crippen LogP contribution in [-0.2, 0) is 0 Å². The van der Waals surface area contributed by atoms with Crippen molar-refractivity contribution in [1.82, 2.24) is 0 Å². The molecule has 13 heavy (non-hydrogen) atoms. The highest BCUT2D eigenvalue weighted by atomic mass is 16.3. The molecule has 0 radical (unpaired) electrons. The van der Waals surface area contributed by atoms with Gasteiger partial charge >= 0.3 is 0 Å². The van der Waals surface area contributed by atoms with Crippen LogP contribution in [-0.4, -0.2) is 42.4 Å². The first-order chi connectivity index (χ1) is 6.24. The number of aliphatic hydroxyl groups is 1. The third kappa shape index (κ3) is 3.68. The van der Waals surface area contributed by atoms with E-state index in [0.717, 1.165) is 0 Å². The number of hydrogen-bond acceptors (Lipinski definition) is 1. The maximum absolute atomic E-state index is 8.86. The monoisotopic (exact) mass is 176 g/mol. The van der Waals surface area contributed by atoms with E-state index in [1.54, 1.807) is 0 Å². The summed E-state index contributed by atoms with van der Waals surface area (Å²) in [6.45, 7) is 1.96. The fourth-order valence-corrected chi connectivity index (χ4v) is 1.20. The summed E-state index contributed by atoms with van der Waals surface area (Å²) in [5.41, 5.74) is 0. The van der Waals surface area contributed by atoms with Crippen molar-refractivity contribution >= 4 is 0 Å². The number of hydrogen-bond donors (Lipinski definition) is 1. The number of nitrogens with zero attached hydrogens (tertiary/aromatic N) is 1. The SMILES string of the molecule is C#CC[N+](CC#C)(CC#C)CCO. The second-order valence-corrected chi connectivity index (χ2v) is 2.88. The first kappa shape index (κ1) is 11.6. The third-order valence-corrected chi connectivity index (χ3v) is 1.85. The second kappa shape index (κ2) is 6.15. The summed E-state index contributed by atoms with van der Waals surface area (Å²) in [7, 11) is 0. The summed E-state index contributed by atoms with van der Waals surface area (Å²) in [6, 6.07) is 0. The van der Waals surface area contributed by atoms with Crippen LogP contribution >= 0.6 is 0 Å².